The molecule has 0 unspecified atom stereocenters. The Morgan fingerprint density at radius 2 is 1.73 bits per heavy atom. The van der Waals surface area contributed by atoms with Gasteiger partial charge in [0.2, 0.25) is 11.9 Å². The normalized spacial score (nSPS) is 10.2. The van der Waals surface area contributed by atoms with Crippen LogP contribution in [0.4, 0.5) is 17.3 Å². The molecule has 1 amide bonds. The summed E-state index contributed by atoms with van der Waals surface area (Å²) in [5.74, 6) is -0.000845. The molecule has 0 atom stereocenters. The van der Waals surface area contributed by atoms with E-state index in [1.807, 2.05) is 18.2 Å². The van der Waals surface area contributed by atoms with E-state index in [4.69, 9.17) is 5.73 Å². The fourth-order valence-electron chi connectivity index (χ4n) is 2.07. The standard InChI is InChI=1S/C16H13N5O/c17-15(22)12-4-1-5-13(10-12)21(14-6-2-7-18-11-14)16-19-8-3-9-20-16/h1-11H,(H2,17,22). The van der Waals surface area contributed by atoms with Crippen LogP contribution in [-0.2, 0) is 0 Å². The summed E-state index contributed by atoms with van der Waals surface area (Å²) in [6.07, 6.45) is 6.70. The highest BCUT2D eigenvalue weighted by molar-refractivity contribution is 5.94. The summed E-state index contributed by atoms with van der Waals surface area (Å²) in [6, 6.07) is 12.4. The summed E-state index contributed by atoms with van der Waals surface area (Å²) in [4.78, 5) is 25.9. The zero-order valence-electron chi connectivity index (χ0n) is 11.6. The Bertz CT molecular complexity index is 737. The van der Waals surface area contributed by atoms with Crippen molar-refractivity contribution in [2.24, 2.45) is 5.73 Å². The lowest BCUT2D eigenvalue weighted by Crippen LogP contribution is -2.15. The molecule has 2 aromatic heterocycles. The zero-order chi connectivity index (χ0) is 15.4. The van der Waals surface area contributed by atoms with Gasteiger partial charge in [0.15, 0.2) is 0 Å². The minimum Gasteiger partial charge on any atom is -0.366 e. The van der Waals surface area contributed by atoms with Gasteiger partial charge in [-0.25, -0.2) is 9.97 Å². The smallest absolute Gasteiger partial charge is 0.248 e. The highest BCUT2D eigenvalue weighted by Gasteiger charge is 2.15. The Morgan fingerprint density at radius 1 is 0.955 bits per heavy atom. The van der Waals surface area contributed by atoms with Crippen LogP contribution in [0.15, 0.2) is 67.3 Å². The lowest BCUT2D eigenvalue weighted by atomic mass is 10.1. The monoisotopic (exact) mass is 291 g/mol. The van der Waals surface area contributed by atoms with E-state index in [9.17, 15) is 4.79 Å². The predicted octanol–water partition coefficient (Wildman–Crippen LogP) is 2.44. The minimum atomic E-state index is -0.484. The Balaban J connectivity index is 2.14. The third-order valence-corrected chi connectivity index (χ3v) is 3.05. The van der Waals surface area contributed by atoms with Crippen molar-refractivity contribution in [2.75, 3.05) is 4.90 Å². The molecule has 0 aliphatic heterocycles. The van der Waals surface area contributed by atoms with Gasteiger partial charge in [0.25, 0.3) is 0 Å². The van der Waals surface area contributed by atoms with Gasteiger partial charge in [-0.15, -0.1) is 0 Å². The van der Waals surface area contributed by atoms with E-state index in [-0.39, 0.29) is 0 Å². The van der Waals surface area contributed by atoms with E-state index in [1.165, 1.54) is 0 Å². The van der Waals surface area contributed by atoms with Crippen LogP contribution in [0, 0.1) is 0 Å². The summed E-state index contributed by atoms with van der Waals surface area (Å²) in [6.45, 7) is 0. The maximum Gasteiger partial charge on any atom is 0.248 e. The number of primary amides is 1. The van der Waals surface area contributed by atoms with Crippen LogP contribution in [0.3, 0.4) is 0 Å². The first-order chi connectivity index (χ1) is 10.8. The second-order valence-corrected chi connectivity index (χ2v) is 4.51. The van der Waals surface area contributed by atoms with Gasteiger partial charge in [-0.05, 0) is 36.4 Å². The van der Waals surface area contributed by atoms with Crippen molar-refractivity contribution in [1.29, 1.82) is 0 Å². The molecule has 1 aromatic carbocycles. The number of nitrogens with two attached hydrogens (primary N) is 1. The molecular formula is C16H13N5O. The molecule has 0 radical (unpaired) electrons. The van der Waals surface area contributed by atoms with Crippen LogP contribution in [0.2, 0.25) is 0 Å². The topological polar surface area (TPSA) is 85.0 Å². The Labute approximate surface area is 127 Å². The fraction of sp³-hybridized carbons (Fsp3) is 0. The van der Waals surface area contributed by atoms with Crippen molar-refractivity contribution in [1.82, 2.24) is 15.0 Å². The Hall–Kier alpha value is -3.28. The summed E-state index contributed by atoms with van der Waals surface area (Å²) in [5, 5.41) is 0. The van der Waals surface area contributed by atoms with Crippen molar-refractivity contribution < 1.29 is 4.79 Å². The van der Waals surface area contributed by atoms with Crippen molar-refractivity contribution in [2.45, 2.75) is 0 Å². The number of hydrogen-bond acceptors (Lipinski definition) is 5. The van der Waals surface area contributed by atoms with Crippen LogP contribution in [0.5, 0.6) is 0 Å². The van der Waals surface area contributed by atoms with E-state index in [0.29, 0.717) is 11.5 Å². The van der Waals surface area contributed by atoms with Crippen molar-refractivity contribution in [3.8, 4) is 0 Å². The Morgan fingerprint density at radius 3 is 2.41 bits per heavy atom. The summed E-state index contributed by atoms with van der Waals surface area (Å²) < 4.78 is 0. The third-order valence-electron chi connectivity index (χ3n) is 3.05. The first kappa shape index (κ1) is 13.7. The van der Waals surface area contributed by atoms with Gasteiger partial charge in [0.05, 0.1) is 11.9 Å². The molecule has 0 aliphatic rings. The van der Waals surface area contributed by atoms with Gasteiger partial charge >= 0.3 is 0 Å². The average Bonchev–Trinajstić information content (AvgIpc) is 2.57. The molecule has 0 fully saturated rings. The molecule has 3 aromatic rings. The molecule has 2 N–H and O–H groups in total. The number of amides is 1. The number of carbonyl (C=O) groups excluding carboxylic acids is 1. The predicted molar refractivity (Wildman–Crippen MR) is 83.0 cm³/mol. The fourth-order valence-corrected chi connectivity index (χ4v) is 2.07. The van der Waals surface area contributed by atoms with E-state index in [0.717, 1.165) is 11.4 Å². The highest BCUT2D eigenvalue weighted by atomic mass is 16.1. The van der Waals surface area contributed by atoms with Crippen molar-refractivity contribution in [3.63, 3.8) is 0 Å². The van der Waals surface area contributed by atoms with Crippen LogP contribution in [0.1, 0.15) is 10.4 Å². The Kier molecular flexibility index (Phi) is 3.74. The van der Waals surface area contributed by atoms with E-state index in [1.54, 1.807) is 54.0 Å². The van der Waals surface area contributed by atoms with Crippen molar-refractivity contribution in [3.05, 3.63) is 72.8 Å². The maximum absolute atomic E-state index is 11.4. The highest BCUT2D eigenvalue weighted by Crippen LogP contribution is 2.31. The molecule has 0 aliphatic carbocycles. The SMILES string of the molecule is NC(=O)c1cccc(N(c2cccnc2)c2ncccn2)c1. The number of anilines is 3. The first-order valence-corrected chi connectivity index (χ1v) is 6.63. The number of nitrogens with zero attached hydrogens (tertiary/aromatic N) is 4. The zero-order valence-corrected chi connectivity index (χ0v) is 11.6. The van der Waals surface area contributed by atoms with E-state index in [2.05, 4.69) is 15.0 Å². The van der Waals surface area contributed by atoms with Crippen LogP contribution in [-0.4, -0.2) is 20.9 Å². The molecule has 3 rings (SSSR count). The second-order valence-electron chi connectivity index (χ2n) is 4.51. The van der Waals surface area contributed by atoms with Gasteiger partial charge < -0.3 is 5.73 Å². The molecule has 0 saturated carbocycles. The van der Waals surface area contributed by atoms with Crippen LogP contribution in [0.25, 0.3) is 0 Å². The third kappa shape index (κ3) is 2.76. The summed E-state index contributed by atoms with van der Waals surface area (Å²) >= 11 is 0. The van der Waals surface area contributed by atoms with Crippen LogP contribution >= 0.6 is 0 Å². The molecule has 108 valence electrons. The van der Waals surface area contributed by atoms with Gasteiger partial charge in [0, 0.05) is 29.8 Å². The summed E-state index contributed by atoms with van der Waals surface area (Å²) in [7, 11) is 0. The minimum absolute atomic E-state index is 0.419. The molecule has 0 saturated heterocycles. The van der Waals surface area contributed by atoms with Crippen molar-refractivity contribution >= 4 is 23.2 Å². The number of rotatable bonds is 4. The lowest BCUT2D eigenvalue weighted by molar-refractivity contribution is 0.100. The first-order valence-electron chi connectivity index (χ1n) is 6.63. The average molecular weight is 291 g/mol. The maximum atomic E-state index is 11.4. The molecule has 0 bridgehead atoms. The van der Waals surface area contributed by atoms with E-state index < -0.39 is 5.91 Å². The van der Waals surface area contributed by atoms with E-state index >= 15 is 0 Å². The largest absolute Gasteiger partial charge is 0.366 e. The molecular weight excluding hydrogens is 278 g/mol. The number of aromatic nitrogens is 3. The van der Waals surface area contributed by atoms with Gasteiger partial charge in [-0.2, -0.15) is 0 Å². The second kappa shape index (κ2) is 6.01. The molecule has 6 nitrogen and oxygen atoms in total. The number of hydrogen-bond donors (Lipinski definition) is 1. The number of pyridine rings is 1. The summed E-state index contributed by atoms with van der Waals surface area (Å²) in [5.41, 5.74) is 7.30. The lowest BCUT2D eigenvalue weighted by Gasteiger charge is -2.22. The van der Waals surface area contributed by atoms with Gasteiger partial charge in [-0.3, -0.25) is 14.7 Å². The van der Waals surface area contributed by atoms with Gasteiger partial charge in [0.1, 0.15) is 0 Å². The molecule has 22 heavy (non-hydrogen) atoms. The molecule has 2 heterocycles. The number of carbonyl (C=O) groups is 1. The van der Waals surface area contributed by atoms with Crippen LogP contribution < -0.4 is 10.6 Å². The molecule has 0 spiro atoms. The number of benzene rings is 1. The van der Waals surface area contributed by atoms with Gasteiger partial charge in [-0.1, -0.05) is 6.07 Å². The molecule has 6 heteroatoms. The quantitative estimate of drug-likeness (QED) is 0.798.